The van der Waals surface area contributed by atoms with Crippen LogP contribution in [0.1, 0.15) is 40.4 Å². The van der Waals surface area contributed by atoms with E-state index >= 15 is 0 Å². The number of alkyl halides is 3. The van der Waals surface area contributed by atoms with Crippen LogP contribution in [0.5, 0.6) is 11.5 Å². The van der Waals surface area contributed by atoms with Crippen LogP contribution >= 0.6 is 0 Å². The van der Waals surface area contributed by atoms with Crippen LogP contribution in [0.15, 0.2) is 42.5 Å². The lowest BCUT2D eigenvalue weighted by atomic mass is 9.99. The first kappa shape index (κ1) is 21.0. The zero-order chi connectivity index (χ0) is 22.2. The number of hydrogen-bond acceptors (Lipinski definition) is 4. The smallest absolute Gasteiger partial charge is 0.416 e. The van der Waals surface area contributed by atoms with Crippen molar-refractivity contribution in [3.8, 4) is 11.5 Å². The van der Waals surface area contributed by atoms with E-state index in [1.807, 2.05) is 0 Å². The van der Waals surface area contributed by atoms with Crippen LogP contribution in [-0.4, -0.2) is 43.0 Å². The van der Waals surface area contributed by atoms with E-state index in [1.54, 1.807) is 18.2 Å². The third-order valence-electron chi connectivity index (χ3n) is 5.26. The number of ether oxygens (including phenoxy) is 2. The first-order chi connectivity index (χ1) is 14.8. The normalized spacial score (nSPS) is 19.0. The maximum atomic E-state index is 13.3. The summed E-state index contributed by atoms with van der Waals surface area (Å²) in [6.45, 7) is 0.451. The van der Waals surface area contributed by atoms with Gasteiger partial charge < -0.3 is 19.7 Å². The Morgan fingerprint density at radius 1 is 1.13 bits per heavy atom. The summed E-state index contributed by atoms with van der Waals surface area (Å²) in [6, 6.07) is 8.10. The van der Waals surface area contributed by atoms with Gasteiger partial charge >= 0.3 is 6.18 Å². The third-order valence-corrected chi connectivity index (χ3v) is 5.26. The average Bonchev–Trinajstić information content (AvgIpc) is 3.56. The van der Waals surface area contributed by atoms with Crippen molar-refractivity contribution in [2.24, 2.45) is 0 Å². The largest absolute Gasteiger partial charge is 0.496 e. The molecule has 1 saturated carbocycles. The molecule has 164 valence electrons. The van der Waals surface area contributed by atoms with E-state index in [4.69, 9.17) is 9.47 Å². The molecule has 1 heterocycles. The van der Waals surface area contributed by atoms with Gasteiger partial charge in [0.15, 0.2) is 0 Å². The van der Waals surface area contributed by atoms with Crippen molar-refractivity contribution < 1.29 is 32.2 Å². The number of carbonyl (C=O) groups is 2. The average molecular weight is 434 g/mol. The van der Waals surface area contributed by atoms with Crippen molar-refractivity contribution in [2.75, 3.05) is 20.2 Å². The van der Waals surface area contributed by atoms with E-state index in [0.717, 1.165) is 25.0 Å². The molecule has 1 unspecified atom stereocenters. The fourth-order valence-corrected chi connectivity index (χ4v) is 3.53. The quantitative estimate of drug-likeness (QED) is 0.782. The molecule has 9 heteroatoms. The molecular weight excluding hydrogens is 413 g/mol. The van der Waals surface area contributed by atoms with Crippen molar-refractivity contribution >= 4 is 11.8 Å². The van der Waals surface area contributed by atoms with Crippen molar-refractivity contribution in [1.29, 1.82) is 0 Å². The minimum atomic E-state index is -4.49. The second-order valence-corrected chi connectivity index (χ2v) is 7.49. The van der Waals surface area contributed by atoms with Gasteiger partial charge in [0.25, 0.3) is 5.91 Å². The number of hydrogen-bond donors (Lipinski definition) is 1. The topological polar surface area (TPSA) is 67.9 Å². The predicted molar refractivity (Wildman–Crippen MR) is 105 cm³/mol. The molecule has 1 aliphatic carbocycles. The molecule has 2 aromatic carbocycles. The maximum absolute atomic E-state index is 13.3. The first-order valence-corrected chi connectivity index (χ1v) is 9.88. The molecule has 0 radical (unpaired) electrons. The number of nitrogens with zero attached hydrogens (tertiary/aromatic N) is 1. The van der Waals surface area contributed by atoms with Gasteiger partial charge in [0.1, 0.15) is 17.5 Å². The lowest BCUT2D eigenvalue weighted by Gasteiger charge is -2.35. The number of nitrogens with one attached hydrogen (secondary N) is 1. The van der Waals surface area contributed by atoms with Crippen LogP contribution in [-0.2, 0) is 11.0 Å². The van der Waals surface area contributed by atoms with E-state index < -0.39 is 29.6 Å². The summed E-state index contributed by atoms with van der Waals surface area (Å²) in [4.78, 5) is 27.3. The summed E-state index contributed by atoms with van der Waals surface area (Å²) in [5, 5.41) is 2.67. The van der Waals surface area contributed by atoms with Gasteiger partial charge in [-0.05, 0) is 42.7 Å². The van der Waals surface area contributed by atoms with Crippen molar-refractivity contribution in [3.63, 3.8) is 0 Å². The van der Waals surface area contributed by atoms with Crippen LogP contribution < -0.4 is 14.8 Å². The zero-order valence-electron chi connectivity index (χ0n) is 16.7. The lowest BCUT2D eigenvalue weighted by Crippen LogP contribution is -2.52. The highest BCUT2D eigenvalue weighted by Crippen LogP contribution is 2.34. The lowest BCUT2D eigenvalue weighted by molar-refractivity contribution is -0.137. The summed E-state index contributed by atoms with van der Waals surface area (Å²) in [6.07, 6.45) is -2.33. The molecule has 6 nitrogen and oxygen atoms in total. The maximum Gasteiger partial charge on any atom is 0.416 e. The van der Waals surface area contributed by atoms with Gasteiger partial charge in [0, 0.05) is 19.2 Å². The molecule has 1 saturated heterocycles. The van der Waals surface area contributed by atoms with E-state index in [1.165, 1.54) is 24.1 Å². The second kappa shape index (κ2) is 8.13. The van der Waals surface area contributed by atoms with Gasteiger partial charge in [0.05, 0.1) is 24.3 Å². The van der Waals surface area contributed by atoms with Crippen molar-refractivity contribution in [2.45, 2.75) is 31.2 Å². The van der Waals surface area contributed by atoms with Crippen LogP contribution in [0.4, 0.5) is 13.2 Å². The van der Waals surface area contributed by atoms with Crippen LogP contribution in [0.3, 0.4) is 0 Å². The minimum Gasteiger partial charge on any atom is -0.496 e. The number of halogens is 3. The third kappa shape index (κ3) is 4.45. The van der Waals surface area contributed by atoms with E-state index in [2.05, 4.69) is 5.32 Å². The molecule has 4 rings (SSSR count). The Balaban J connectivity index is 1.63. The van der Waals surface area contributed by atoms with E-state index in [-0.39, 0.29) is 24.8 Å². The summed E-state index contributed by atoms with van der Waals surface area (Å²) < 4.78 is 49.8. The molecule has 31 heavy (non-hydrogen) atoms. The Morgan fingerprint density at radius 3 is 2.45 bits per heavy atom. The number of methoxy groups -OCH3 is 1. The van der Waals surface area contributed by atoms with Gasteiger partial charge in [-0.1, -0.05) is 12.1 Å². The standard InChI is InChI=1S/C22H21F3N2O4/c1-30-18-12-16(31-15-6-7-15)8-9-17(18)21(29)27-11-10-26-20(28)19(27)13-2-4-14(5-3-13)22(23,24)25/h2-5,8-9,12,15,19H,6-7,10-11H2,1H3,(H,26,28). The SMILES string of the molecule is COc1cc(OC2CC2)ccc1C(=O)N1CCNC(=O)C1c1ccc(C(F)(F)F)cc1. The zero-order valence-corrected chi connectivity index (χ0v) is 16.7. The highest BCUT2D eigenvalue weighted by Gasteiger charge is 2.37. The van der Waals surface area contributed by atoms with Gasteiger partial charge in [-0.2, -0.15) is 13.2 Å². The van der Waals surface area contributed by atoms with Gasteiger partial charge in [-0.15, -0.1) is 0 Å². The van der Waals surface area contributed by atoms with Gasteiger partial charge in [0.2, 0.25) is 5.91 Å². The molecule has 0 spiro atoms. The molecule has 2 fully saturated rings. The molecule has 2 aliphatic rings. The number of rotatable bonds is 5. The summed E-state index contributed by atoms with van der Waals surface area (Å²) in [5.74, 6) is -0.00606. The summed E-state index contributed by atoms with van der Waals surface area (Å²) in [7, 11) is 1.43. The fraction of sp³-hybridized carbons (Fsp3) is 0.364. The highest BCUT2D eigenvalue weighted by molar-refractivity contribution is 6.00. The molecule has 0 bridgehead atoms. The first-order valence-electron chi connectivity index (χ1n) is 9.88. The van der Waals surface area contributed by atoms with Crippen molar-refractivity contribution in [3.05, 3.63) is 59.2 Å². The van der Waals surface area contributed by atoms with Gasteiger partial charge in [-0.25, -0.2) is 0 Å². The highest BCUT2D eigenvalue weighted by atomic mass is 19.4. The Morgan fingerprint density at radius 2 is 1.84 bits per heavy atom. The molecule has 1 atom stereocenters. The monoisotopic (exact) mass is 434 g/mol. The van der Waals surface area contributed by atoms with Crippen molar-refractivity contribution in [1.82, 2.24) is 10.2 Å². The number of piperazine rings is 1. The minimum absolute atomic E-state index is 0.182. The van der Waals surface area contributed by atoms with Crippen LogP contribution in [0, 0.1) is 0 Å². The molecule has 2 aromatic rings. The van der Waals surface area contributed by atoms with E-state index in [9.17, 15) is 22.8 Å². The molecular formula is C22H21F3N2O4. The molecule has 1 aliphatic heterocycles. The Labute approximate surface area is 176 Å². The summed E-state index contributed by atoms with van der Waals surface area (Å²) >= 11 is 0. The summed E-state index contributed by atoms with van der Waals surface area (Å²) in [5.41, 5.74) is -0.276. The van der Waals surface area contributed by atoms with Crippen LogP contribution in [0.2, 0.25) is 0 Å². The Hall–Kier alpha value is -3.23. The van der Waals surface area contributed by atoms with Gasteiger partial charge in [-0.3, -0.25) is 9.59 Å². The molecule has 2 amide bonds. The number of carbonyl (C=O) groups excluding carboxylic acids is 2. The number of benzene rings is 2. The predicted octanol–water partition coefficient (Wildman–Crippen LogP) is 3.57. The molecule has 1 N–H and O–H groups in total. The van der Waals surface area contributed by atoms with E-state index in [0.29, 0.717) is 17.1 Å². The number of amides is 2. The second-order valence-electron chi connectivity index (χ2n) is 7.49. The Kier molecular flexibility index (Phi) is 5.51. The molecule has 0 aromatic heterocycles. The Bertz CT molecular complexity index is 987. The fourth-order valence-electron chi connectivity index (χ4n) is 3.53. The van der Waals surface area contributed by atoms with Crippen LogP contribution in [0.25, 0.3) is 0 Å².